The highest BCUT2D eigenvalue weighted by Gasteiger charge is 2.22. The van der Waals surface area contributed by atoms with E-state index in [-0.39, 0.29) is 5.91 Å². The van der Waals surface area contributed by atoms with Gasteiger partial charge in [-0.1, -0.05) is 33.3 Å². The fraction of sp³-hybridized carbons (Fsp3) is 0.263. The minimum absolute atomic E-state index is 0.0797. The van der Waals surface area contributed by atoms with E-state index in [1.807, 2.05) is 44.4 Å². The number of rotatable bonds is 6. The third-order valence-corrected chi connectivity index (χ3v) is 5.44. The Bertz CT molecular complexity index is 926. The third kappa shape index (κ3) is 4.23. The van der Waals surface area contributed by atoms with Crippen LogP contribution in [0, 0.1) is 0 Å². The van der Waals surface area contributed by atoms with Crippen molar-refractivity contribution in [3.63, 3.8) is 0 Å². The minimum Gasteiger partial charge on any atom is -0.497 e. The van der Waals surface area contributed by atoms with Crippen molar-refractivity contribution in [3.8, 4) is 5.75 Å². The summed E-state index contributed by atoms with van der Waals surface area (Å²) in [4.78, 5) is 21.6. The van der Waals surface area contributed by atoms with E-state index in [2.05, 4.69) is 25.8 Å². The number of hydrogen-bond donors (Lipinski definition) is 0. The first-order chi connectivity index (χ1) is 12.5. The van der Waals surface area contributed by atoms with Crippen molar-refractivity contribution < 1.29 is 9.53 Å². The number of benzene rings is 2. The van der Waals surface area contributed by atoms with Gasteiger partial charge in [-0.3, -0.25) is 9.69 Å². The Morgan fingerprint density at radius 3 is 2.73 bits per heavy atom. The SMILES string of the molecule is COc1cccc(C(=O)N(CCN(C)C)c2nc3ccc(Br)cc3s2)c1. The molecule has 1 heterocycles. The summed E-state index contributed by atoms with van der Waals surface area (Å²) < 4.78 is 7.30. The Kier molecular flexibility index (Phi) is 5.90. The molecule has 0 aliphatic heterocycles. The van der Waals surface area contributed by atoms with Crippen LogP contribution in [0.2, 0.25) is 0 Å². The standard InChI is InChI=1S/C19H20BrN3O2S/c1-22(2)9-10-23(18(24)13-5-4-6-15(11-13)25-3)19-21-16-8-7-14(20)12-17(16)26-19/h4-8,11-12H,9-10H2,1-3H3. The molecular formula is C19H20BrN3O2S. The van der Waals surface area contributed by atoms with Crippen molar-refractivity contribution >= 4 is 48.5 Å². The molecule has 0 bridgehead atoms. The first kappa shape index (κ1) is 18.8. The van der Waals surface area contributed by atoms with Crippen LogP contribution < -0.4 is 9.64 Å². The Hall–Kier alpha value is -1.96. The van der Waals surface area contributed by atoms with Crippen LogP contribution in [0.5, 0.6) is 5.75 Å². The summed E-state index contributed by atoms with van der Waals surface area (Å²) in [5.41, 5.74) is 1.48. The smallest absolute Gasteiger partial charge is 0.260 e. The molecule has 0 N–H and O–H groups in total. The molecule has 3 aromatic rings. The van der Waals surface area contributed by atoms with Gasteiger partial charge >= 0.3 is 0 Å². The van der Waals surface area contributed by atoms with Crippen LogP contribution in [0.1, 0.15) is 10.4 Å². The molecule has 26 heavy (non-hydrogen) atoms. The van der Waals surface area contributed by atoms with Crippen LogP contribution in [-0.2, 0) is 0 Å². The van der Waals surface area contributed by atoms with Crippen molar-refractivity contribution in [2.24, 2.45) is 0 Å². The van der Waals surface area contributed by atoms with Gasteiger partial charge in [0.1, 0.15) is 5.75 Å². The minimum atomic E-state index is -0.0797. The quantitative estimate of drug-likeness (QED) is 0.581. The highest BCUT2D eigenvalue weighted by molar-refractivity contribution is 9.10. The molecule has 5 nitrogen and oxygen atoms in total. The Labute approximate surface area is 165 Å². The number of thiazole rings is 1. The number of carbonyl (C=O) groups excluding carboxylic acids is 1. The van der Waals surface area contributed by atoms with Gasteiger partial charge in [0, 0.05) is 23.1 Å². The Morgan fingerprint density at radius 2 is 2.00 bits per heavy atom. The summed E-state index contributed by atoms with van der Waals surface area (Å²) in [5, 5.41) is 0.702. The van der Waals surface area contributed by atoms with Gasteiger partial charge in [0.05, 0.1) is 17.3 Å². The largest absolute Gasteiger partial charge is 0.497 e. The Morgan fingerprint density at radius 1 is 1.19 bits per heavy atom. The second-order valence-electron chi connectivity index (χ2n) is 6.10. The zero-order valence-electron chi connectivity index (χ0n) is 14.9. The highest BCUT2D eigenvalue weighted by atomic mass is 79.9. The molecule has 1 amide bonds. The third-order valence-electron chi connectivity index (χ3n) is 3.90. The predicted octanol–water partition coefficient (Wildman–Crippen LogP) is 4.28. The molecule has 136 valence electrons. The van der Waals surface area contributed by atoms with Gasteiger partial charge < -0.3 is 9.64 Å². The second-order valence-corrected chi connectivity index (χ2v) is 8.03. The zero-order valence-corrected chi connectivity index (χ0v) is 17.3. The van der Waals surface area contributed by atoms with Crippen molar-refractivity contribution in [2.45, 2.75) is 0 Å². The van der Waals surface area contributed by atoms with E-state index in [4.69, 9.17) is 4.74 Å². The summed E-state index contributed by atoms with van der Waals surface area (Å²) in [5.74, 6) is 0.584. The lowest BCUT2D eigenvalue weighted by molar-refractivity contribution is 0.0985. The lowest BCUT2D eigenvalue weighted by Gasteiger charge is -2.22. The van der Waals surface area contributed by atoms with E-state index in [0.717, 1.165) is 21.2 Å². The lowest BCUT2D eigenvalue weighted by Crippen LogP contribution is -2.36. The number of hydrogen-bond acceptors (Lipinski definition) is 5. The topological polar surface area (TPSA) is 45.7 Å². The van der Waals surface area contributed by atoms with Crippen LogP contribution in [-0.4, -0.2) is 50.1 Å². The molecule has 1 aromatic heterocycles. The van der Waals surface area contributed by atoms with E-state index in [0.29, 0.717) is 23.0 Å². The van der Waals surface area contributed by atoms with Gasteiger partial charge in [-0.25, -0.2) is 4.98 Å². The average molecular weight is 434 g/mol. The number of halogens is 1. The maximum Gasteiger partial charge on any atom is 0.260 e. The van der Waals surface area contributed by atoms with E-state index < -0.39 is 0 Å². The van der Waals surface area contributed by atoms with Crippen molar-refractivity contribution in [1.82, 2.24) is 9.88 Å². The fourth-order valence-corrected chi connectivity index (χ4v) is 4.04. The van der Waals surface area contributed by atoms with E-state index in [1.54, 1.807) is 24.1 Å². The normalized spacial score (nSPS) is 11.1. The molecule has 0 fully saturated rings. The van der Waals surface area contributed by atoms with Crippen molar-refractivity contribution in [1.29, 1.82) is 0 Å². The maximum atomic E-state index is 13.2. The summed E-state index contributed by atoms with van der Waals surface area (Å²) in [6.07, 6.45) is 0. The molecular weight excluding hydrogens is 414 g/mol. The summed E-state index contributed by atoms with van der Waals surface area (Å²) in [6.45, 7) is 1.30. The molecule has 0 radical (unpaired) electrons. The highest BCUT2D eigenvalue weighted by Crippen LogP contribution is 2.31. The number of aromatic nitrogens is 1. The molecule has 0 unspecified atom stereocenters. The molecule has 2 aromatic carbocycles. The number of amides is 1. The number of likely N-dealkylation sites (N-methyl/N-ethyl adjacent to an activating group) is 1. The van der Waals surface area contributed by atoms with Crippen molar-refractivity contribution in [2.75, 3.05) is 39.2 Å². The van der Waals surface area contributed by atoms with Gasteiger partial charge in [-0.05, 0) is 50.5 Å². The molecule has 3 rings (SSSR count). The van der Waals surface area contributed by atoms with Gasteiger partial charge in [0.2, 0.25) is 0 Å². The van der Waals surface area contributed by atoms with Crippen LogP contribution in [0.4, 0.5) is 5.13 Å². The lowest BCUT2D eigenvalue weighted by atomic mass is 10.2. The number of fused-ring (bicyclic) bond motifs is 1. The molecule has 0 spiro atoms. The number of nitrogens with zero attached hydrogens (tertiary/aromatic N) is 3. The zero-order chi connectivity index (χ0) is 18.7. The fourth-order valence-electron chi connectivity index (χ4n) is 2.50. The van der Waals surface area contributed by atoms with Crippen LogP contribution in [0.3, 0.4) is 0 Å². The first-order valence-electron chi connectivity index (χ1n) is 8.14. The van der Waals surface area contributed by atoms with Gasteiger partial charge in [-0.2, -0.15) is 0 Å². The van der Waals surface area contributed by atoms with Crippen molar-refractivity contribution in [3.05, 3.63) is 52.5 Å². The number of ether oxygens (including phenoxy) is 1. The number of anilines is 1. The molecule has 0 aliphatic rings. The molecule has 0 aliphatic carbocycles. The molecule has 0 atom stereocenters. The van der Waals surface area contributed by atoms with Crippen LogP contribution in [0.15, 0.2) is 46.9 Å². The summed E-state index contributed by atoms with van der Waals surface area (Å²) in [6, 6.07) is 13.2. The number of carbonyl (C=O) groups is 1. The van der Waals surface area contributed by atoms with Gasteiger partial charge in [0.15, 0.2) is 5.13 Å². The Balaban J connectivity index is 1.98. The average Bonchev–Trinajstić information content (AvgIpc) is 3.04. The van der Waals surface area contributed by atoms with Crippen LogP contribution in [0.25, 0.3) is 10.2 Å². The summed E-state index contributed by atoms with van der Waals surface area (Å²) >= 11 is 5.01. The summed E-state index contributed by atoms with van der Waals surface area (Å²) in [7, 11) is 5.58. The van der Waals surface area contributed by atoms with Gasteiger partial charge in [0.25, 0.3) is 5.91 Å². The van der Waals surface area contributed by atoms with E-state index in [9.17, 15) is 4.79 Å². The molecule has 0 saturated carbocycles. The van der Waals surface area contributed by atoms with Gasteiger partial charge in [-0.15, -0.1) is 0 Å². The van der Waals surface area contributed by atoms with E-state index >= 15 is 0 Å². The molecule has 7 heteroatoms. The predicted molar refractivity (Wildman–Crippen MR) is 111 cm³/mol. The van der Waals surface area contributed by atoms with Crippen LogP contribution >= 0.6 is 27.3 Å². The number of methoxy groups -OCH3 is 1. The second kappa shape index (κ2) is 8.16. The first-order valence-corrected chi connectivity index (χ1v) is 9.75. The molecule has 0 saturated heterocycles. The van der Waals surface area contributed by atoms with E-state index in [1.165, 1.54) is 11.3 Å². The maximum absolute atomic E-state index is 13.2. The monoisotopic (exact) mass is 433 g/mol.